The van der Waals surface area contributed by atoms with Crippen LogP contribution in [0.4, 0.5) is 0 Å². The van der Waals surface area contributed by atoms with Crippen LogP contribution < -0.4 is 0 Å². The minimum absolute atomic E-state index is 0.266. The van der Waals surface area contributed by atoms with Crippen LogP contribution in [0.5, 0.6) is 5.75 Å². The second kappa shape index (κ2) is 5.65. The van der Waals surface area contributed by atoms with Crippen molar-refractivity contribution in [3.05, 3.63) is 42.9 Å². The van der Waals surface area contributed by atoms with E-state index in [-0.39, 0.29) is 5.75 Å². The van der Waals surface area contributed by atoms with Gasteiger partial charge in [-0.3, -0.25) is 8.65 Å². The highest BCUT2D eigenvalue weighted by Crippen LogP contribution is 2.40. The fraction of sp³-hybridized carbons (Fsp3) is 0.111. The smallest absolute Gasteiger partial charge is 0.153 e. The molecule has 5 rings (SSSR count). The molecule has 8 heteroatoms. The van der Waals surface area contributed by atoms with Crippen molar-refractivity contribution in [2.45, 2.75) is 0 Å². The minimum atomic E-state index is 0.266. The number of phenols is 1. The number of aromatic hydroxyl groups is 1. The number of phenolic OH excluding ortho intramolecular Hbond substituents is 1. The molecular weight excluding hydrogens is 461 g/mol. The van der Waals surface area contributed by atoms with Gasteiger partial charge in [0.15, 0.2) is 5.65 Å². The Bertz CT molecular complexity index is 1320. The zero-order valence-electron chi connectivity index (χ0n) is 14.0. The first-order chi connectivity index (χ1) is 12.6. The SMILES string of the molecule is Cn1cc(-c2cc3c4c(cnc3n2SI)cnn4C)c2cc(O)ccc21. The molecule has 0 aliphatic rings. The Hall–Kier alpha value is -2.20. The summed E-state index contributed by atoms with van der Waals surface area (Å²) < 4.78 is 6.10. The van der Waals surface area contributed by atoms with Crippen molar-refractivity contribution in [2.75, 3.05) is 0 Å². The van der Waals surface area contributed by atoms with Crippen molar-refractivity contribution >= 4 is 63.2 Å². The number of fused-ring (bicyclic) bond motifs is 4. The molecule has 0 saturated heterocycles. The molecule has 0 unspecified atom stereocenters. The van der Waals surface area contributed by atoms with Gasteiger partial charge in [0.05, 0.1) is 17.4 Å². The number of nitrogens with zero attached hydrogens (tertiary/aromatic N) is 5. The van der Waals surface area contributed by atoms with Crippen molar-refractivity contribution in [1.29, 1.82) is 0 Å². The van der Waals surface area contributed by atoms with Crippen LogP contribution in [0, 0.1) is 0 Å². The van der Waals surface area contributed by atoms with Crippen molar-refractivity contribution in [3.8, 4) is 17.0 Å². The number of rotatable bonds is 2. The molecule has 0 spiro atoms. The largest absolute Gasteiger partial charge is 0.508 e. The minimum Gasteiger partial charge on any atom is -0.508 e. The lowest BCUT2D eigenvalue weighted by Gasteiger charge is -2.04. The first-order valence-electron chi connectivity index (χ1n) is 7.98. The zero-order chi connectivity index (χ0) is 18.0. The number of aromatic nitrogens is 5. The van der Waals surface area contributed by atoms with Crippen LogP contribution in [0.1, 0.15) is 0 Å². The van der Waals surface area contributed by atoms with E-state index in [0.29, 0.717) is 0 Å². The summed E-state index contributed by atoms with van der Waals surface area (Å²) in [5.74, 6) is 0.266. The normalized spacial score (nSPS) is 12.0. The highest BCUT2D eigenvalue weighted by Gasteiger charge is 2.19. The van der Waals surface area contributed by atoms with Crippen LogP contribution in [0.2, 0.25) is 0 Å². The fourth-order valence-corrected chi connectivity index (χ4v) is 5.26. The van der Waals surface area contributed by atoms with Gasteiger partial charge in [0.1, 0.15) is 5.75 Å². The highest BCUT2D eigenvalue weighted by molar-refractivity contribution is 14.2. The standard InChI is InChI=1S/C18H14IN5OS/c1-22-9-14(12-5-11(25)3-4-15(12)22)16-6-13-17-10(8-21-23(17)2)7-20-18(13)24(16)26-19/h3-9,25H,1-2H3. The number of halogens is 1. The molecular formula is C18H14IN5OS. The van der Waals surface area contributed by atoms with Crippen molar-refractivity contribution in [3.63, 3.8) is 0 Å². The van der Waals surface area contributed by atoms with E-state index < -0.39 is 0 Å². The van der Waals surface area contributed by atoms with Crippen LogP contribution in [0.3, 0.4) is 0 Å². The van der Waals surface area contributed by atoms with Gasteiger partial charge >= 0.3 is 0 Å². The maximum atomic E-state index is 9.98. The molecule has 0 aliphatic carbocycles. The molecule has 0 saturated carbocycles. The van der Waals surface area contributed by atoms with E-state index in [0.717, 1.165) is 44.1 Å². The maximum absolute atomic E-state index is 9.98. The third kappa shape index (κ3) is 2.11. The van der Waals surface area contributed by atoms with Gasteiger partial charge in [0.2, 0.25) is 0 Å². The highest BCUT2D eigenvalue weighted by atomic mass is 127. The van der Waals surface area contributed by atoms with Crippen LogP contribution in [-0.4, -0.2) is 28.4 Å². The molecule has 4 aromatic heterocycles. The topological polar surface area (TPSA) is 60.8 Å². The van der Waals surface area contributed by atoms with Crippen LogP contribution in [0.15, 0.2) is 42.9 Å². The lowest BCUT2D eigenvalue weighted by atomic mass is 10.1. The summed E-state index contributed by atoms with van der Waals surface area (Å²) in [6.45, 7) is 0. The molecule has 0 fully saturated rings. The molecule has 5 aromatic rings. The molecule has 0 bridgehead atoms. The molecule has 0 amide bonds. The number of aryl methyl sites for hydroxylation is 2. The molecule has 0 aliphatic heterocycles. The predicted molar refractivity (Wildman–Crippen MR) is 115 cm³/mol. The number of hydrogen-bond acceptors (Lipinski definition) is 4. The van der Waals surface area contributed by atoms with Gasteiger partial charge in [-0.15, -0.1) is 0 Å². The van der Waals surface area contributed by atoms with E-state index in [2.05, 4.69) is 52.1 Å². The Labute approximate surface area is 165 Å². The number of pyridine rings is 1. The van der Waals surface area contributed by atoms with Gasteiger partial charge in [-0.1, -0.05) is 0 Å². The Morgan fingerprint density at radius 1 is 1.12 bits per heavy atom. The van der Waals surface area contributed by atoms with Gasteiger partial charge in [-0.05, 0) is 24.3 Å². The van der Waals surface area contributed by atoms with Crippen molar-refractivity contribution in [2.24, 2.45) is 14.1 Å². The van der Waals surface area contributed by atoms with Gasteiger partial charge in [-0.25, -0.2) is 4.98 Å². The van der Waals surface area contributed by atoms with E-state index in [1.165, 1.54) is 0 Å². The van der Waals surface area contributed by atoms with Crippen molar-refractivity contribution in [1.82, 2.24) is 23.3 Å². The Morgan fingerprint density at radius 2 is 1.96 bits per heavy atom. The summed E-state index contributed by atoms with van der Waals surface area (Å²) in [5, 5.41) is 17.5. The van der Waals surface area contributed by atoms with E-state index in [4.69, 9.17) is 0 Å². The van der Waals surface area contributed by atoms with Crippen LogP contribution in [0.25, 0.3) is 44.1 Å². The molecule has 26 heavy (non-hydrogen) atoms. The molecule has 4 heterocycles. The van der Waals surface area contributed by atoms with Crippen LogP contribution >= 0.6 is 30.3 Å². The first kappa shape index (κ1) is 16.0. The Balaban J connectivity index is 1.92. The summed E-state index contributed by atoms with van der Waals surface area (Å²) in [7, 11) is 5.56. The monoisotopic (exact) mass is 475 g/mol. The molecule has 1 aromatic carbocycles. The Morgan fingerprint density at radius 3 is 2.77 bits per heavy atom. The summed E-state index contributed by atoms with van der Waals surface area (Å²) >= 11 is 2.28. The summed E-state index contributed by atoms with van der Waals surface area (Å²) in [4.78, 5) is 4.67. The second-order valence-corrected chi connectivity index (χ2v) is 8.00. The summed E-state index contributed by atoms with van der Waals surface area (Å²) in [6.07, 6.45) is 5.81. The molecule has 6 nitrogen and oxygen atoms in total. The molecule has 1 N–H and O–H groups in total. The first-order valence-corrected chi connectivity index (χ1v) is 11.3. The third-order valence-electron chi connectivity index (χ3n) is 4.80. The average Bonchev–Trinajstić information content (AvgIpc) is 3.28. The zero-order valence-corrected chi connectivity index (χ0v) is 17.0. The van der Waals surface area contributed by atoms with E-state index in [1.54, 1.807) is 15.2 Å². The lowest BCUT2D eigenvalue weighted by Crippen LogP contribution is -1.91. The van der Waals surface area contributed by atoms with Crippen LogP contribution in [-0.2, 0) is 14.1 Å². The number of benzene rings is 1. The summed E-state index contributed by atoms with van der Waals surface area (Å²) in [6, 6.07) is 7.64. The van der Waals surface area contributed by atoms with E-state index in [9.17, 15) is 5.11 Å². The molecule has 0 radical (unpaired) electrons. The lowest BCUT2D eigenvalue weighted by molar-refractivity contribution is 0.476. The molecule has 0 atom stereocenters. The van der Waals surface area contributed by atoms with Gasteiger partial charge < -0.3 is 9.67 Å². The quantitative estimate of drug-likeness (QED) is 0.378. The second-order valence-electron chi connectivity index (χ2n) is 6.32. The van der Waals surface area contributed by atoms with Gasteiger partial charge in [-0.2, -0.15) is 5.10 Å². The van der Waals surface area contributed by atoms with Gasteiger partial charge in [0, 0.05) is 84.1 Å². The summed E-state index contributed by atoms with van der Waals surface area (Å²) in [5.41, 5.74) is 5.18. The van der Waals surface area contributed by atoms with Crippen molar-refractivity contribution < 1.29 is 5.11 Å². The van der Waals surface area contributed by atoms with E-state index >= 15 is 0 Å². The average molecular weight is 475 g/mol. The predicted octanol–water partition coefficient (Wildman–Crippen LogP) is 4.63. The Kier molecular flexibility index (Phi) is 3.48. The van der Waals surface area contributed by atoms with E-state index in [1.807, 2.05) is 43.3 Å². The fourth-order valence-electron chi connectivity index (χ4n) is 3.63. The maximum Gasteiger partial charge on any atom is 0.153 e. The van der Waals surface area contributed by atoms with Gasteiger partial charge in [0.25, 0.3) is 0 Å². The molecule has 130 valence electrons. The number of hydrogen-bond donors (Lipinski definition) is 1. The third-order valence-corrected chi connectivity index (χ3v) is 6.49.